The maximum absolute atomic E-state index is 13.3. The van der Waals surface area contributed by atoms with Crippen LogP contribution in [0.1, 0.15) is 11.1 Å². The first kappa shape index (κ1) is 24.1. The fraction of sp³-hybridized carbons (Fsp3) is 0.0435. The van der Waals surface area contributed by atoms with E-state index in [9.17, 15) is 22.4 Å². The molecular formula is C23H18ClFN2O5S. The molecule has 1 amide bonds. The molecule has 0 heterocycles. The second-order valence-electron chi connectivity index (χ2n) is 6.81. The Labute approximate surface area is 194 Å². The van der Waals surface area contributed by atoms with Crippen molar-refractivity contribution in [2.45, 2.75) is 4.90 Å². The fourth-order valence-electron chi connectivity index (χ4n) is 2.75. The highest BCUT2D eigenvalue weighted by atomic mass is 35.5. The molecule has 0 bridgehead atoms. The molecule has 3 N–H and O–H groups in total. The molecule has 3 aromatic carbocycles. The van der Waals surface area contributed by atoms with Gasteiger partial charge in [0.15, 0.2) is 6.61 Å². The molecule has 170 valence electrons. The minimum absolute atomic E-state index is 0.108. The van der Waals surface area contributed by atoms with Crippen molar-refractivity contribution in [1.82, 2.24) is 0 Å². The standard InChI is InChI=1S/C23H18ClFN2O5S/c24-17-5-1-15(2-6-17)13-21(16-3-7-18(25)8-4-16)23(29)32-14-22(28)27-19-9-11-20(12-10-19)33(26,30)31/h1-13H,14H2,(H,27,28)(H2,26,30,31)/b21-13-. The smallest absolute Gasteiger partial charge is 0.339 e. The van der Waals surface area contributed by atoms with Crippen LogP contribution in [0.3, 0.4) is 0 Å². The highest BCUT2D eigenvalue weighted by Crippen LogP contribution is 2.22. The quantitative estimate of drug-likeness (QED) is 0.298. The highest BCUT2D eigenvalue weighted by Gasteiger charge is 2.16. The average Bonchev–Trinajstić information content (AvgIpc) is 2.77. The molecule has 0 aliphatic carbocycles. The number of nitrogens with one attached hydrogen (secondary N) is 1. The second kappa shape index (κ2) is 10.4. The van der Waals surface area contributed by atoms with Crippen LogP contribution in [0.2, 0.25) is 5.02 Å². The summed E-state index contributed by atoms with van der Waals surface area (Å²) in [6.45, 7) is -0.602. The number of amides is 1. The molecule has 0 atom stereocenters. The Balaban J connectivity index is 1.72. The molecule has 0 saturated heterocycles. The van der Waals surface area contributed by atoms with Crippen molar-refractivity contribution in [2.24, 2.45) is 5.14 Å². The number of esters is 1. The van der Waals surface area contributed by atoms with E-state index in [0.717, 1.165) is 0 Å². The van der Waals surface area contributed by atoms with Crippen LogP contribution in [0.15, 0.2) is 77.7 Å². The molecule has 0 aliphatic heterocycles. The van der Waals surface area contributed by atoms with Crippen molar-refractivity contribution in [3.63, 3.8) is 0 Å². The molecule has 3 aromatic rings. The number of anilines is 1. The van der Waals surface area contributed by atoms with Crippen molar-refractivity contribution < 1.29 is 27.1 Å². The maximum atomic E-state index is 13.3. The molecular weight excluding hydrogens is 471 g/mol. The van der Waals surface area contributed by atoms with Crippen LogP contribution in [0.25, 0.3) is 11.6 Å². The zero-order valence-corrected chi connectivity index (χ0v) is 18.6. The molecule has 0 fully saturated rings. The lowest BCUT2D eigenvalue weighted by molar-refractivity contribution is -0.141. The number of rotatable bonds is 7. The predicted molar refractivity (Wildman–Crippen MR) is 123 cm³/mol. The fourth-order valence-corrected chi connectivity index (χ4v) is 3.39. The van der Waals surface area contributed by atoms with Gasteiger partial charge in [0.2, 0.25) is 10.0 Å². The van der Waals surface area contributed by atoms with Gasteiger partial charge in [-0.3, -0.25) is 4.79 Å². The minimum Gasteiger partial charge on any atom is -0.452 e. The molecule has 33 heavy (non-hydrogen) atoms. The Morgan fingerprint density at radius 3 is 2.15 bits per heavy atom. The zero-order valence-electron chi connectivity index (χ0n) is 17.0. The number of sulfonamides is 1. The third kappa shape index (κ3) is 6.98. The van der Waals surface area contributed by atoms with E-state index in [4.69, 9.17) is 21.5 Å². The second-order valence-corrected chi connectivity index (χ2v) is 8.81. The van der Waals surface area contributed by atoms with E-state index in [1.165, 1.54) is 54.6 Å². The number of hydrogen-bond acceptors (Lipinski definition) is 5. The van der Waals surface area contributed by atoms with Gasteiger partial charge < -0.3 is 10.1 Å². The van der Waals surface area contributed by atoms with Crippen molar-refractivity contribution >= 4 is 50.8 Å². The Hall–Kier alpha value is -3.53. The van der Waals surface area contributed by atoms with E-state index in [2.05, 4.69) is 5.32 Å². The molecule has 3 rings (SSSR count). The highest BCUT2D eigenvalue weighted by molar-refractivity contribution is 7.89. The lowest BCUT2D eigenvalue weighted by atomic mass is 10.0. The third-order valence-electron chi connectivity index (χ3n) is 4.36. The van der Waals surface area contributed by atoms with Crippen LogP contribution in [0, 0.1) is 5.82 Å². The number of benzene rings is 3. The van der Waals surface area contributed by atoms with E-state index < -0.39 is 34.3 Å². The third-order valence-corrected chi connectivity index (χ3v) is 5.54. The summed E-state index contributed by atoms with van der Waals surface area (Å²) in [4.78, 5) is 24.8. The van der Waals surface area contributed by atoms with Gasteiger partial charge in [0, 0.05) is 10.7 Å². The van der Waals surface area contributed by atoms with Gasteiger partial charge in [-0.05, 0) is 65.7 Å². The van der Waals surface area contributed by atoms with Crippen LogP contribution in [-0.2, 0) is 24.3 Å². The summed E-state index contributed by atoms with van der Waals surface area (Å²) in [5, 5.41) is 8.03. The van der Waals surface area contributed by atoms with Crippen LogP contribution in [-0.4, -0.2) is 26.9 Å². The van der Waals surface area contributed by atoms with Gasteiger partial charge in [-0.1, -0.05) is 35.9 Å². The maximum Gasteiger partial charge on any atom is 0.339 e. The SMILES string of the molecule is NS(=O)(=O)c1ccc(NC(=O)COC(=O)/C(=C\c2ccc(Cl)cc2)c2ccc(F)cc2)cc1. The van der Waals surface area contributed by atoms with E-state index in [-0.39, 0.29) is 10.5 Å². The summed E-state index contributed by atoms with van der Waals surface area (Å²) in [5.41, 5.74) is 1.45. The summed E-state index contributed by atoms with van der Waals surface area (Å²) in [6.07, 6.45) is 1.54. The monoisotopic (exact) mass is 488 g/mol. The summed E-state index contributed by atoms with van der Waals surface area (Å²) in [7, 11) is -3.86. The number of carbonyl (C=O) groups is 2. The summed E-state index contributed by atoms with van der Waals surface area (Å²) < 4.78 is 41.1. The van der Waals surface area contributed by atoms with E-state index in [0.29, 0.717) is 21.8 Å². The van der Waals surface area contributed by atoms with Crippen LogP contribution < -0.4 is 10.5 Å². The van der Waals surface area contributed by atoms with E-state index in [1.54, 1.807) is 24.3 Å². The molecule has 0 radical (unpaired) electrons. The molecule has 0 aromatic heterocycles. The molecule has 0 saturated carbocycles. The Bertz CT molecular complexity index is 1290. The van der Waals surface area contributed by atoms with Gasteiger partial charge in [0.25, 0.3) is 5.91 Å². The van der Waals surface area contributed by atoms with Crippen LogP contribution in [0.5, 0.6) is 0 Å². The van der Waals surface area contributed by atoms with Gasteiger partial charge in [-0.2, -0.15) is 0 Å². The van der Waals surface area contributed by atoms with Gasteiger partial charge in [-0.25, -0.2) is 22.7 Å². The first-order valence-electron chi connectivity index (χ1n) is 9.45. The predicted octanol–water partition coefficient (Wildman–Crippen LogP) is 3.85. The zero-order chi connectivity index (χ0) is 24.0. The lowest BCUT2D eigenvalue weighted by Gasteiger charge is -2.10. The number of nitrogens with two attached hydrogens (primary N) is 1. The normalized spacial score (nSPS) is 11.7. The number of carbonyl (C=O) groups excluding carboxylic acids is 2. The summed E-state index contributed by atoms with van der Waals surface area (Å²) in [5.74, 6) is -1.90. The molecule has 0 unspecified atom stereocenters. The number of ether oxygens (including phenoxy) is 1. The lowest BCUT2D eigenvalue weighted by Crippen LogP contribution is -2.21. The van der Waals surface area contributed by atoms with Crippen molar-refractivity contribution in [2.75, 3.05) is 11.9 Å². The molecule has 10 heteroatoms. The van der Waals surface area contributed by atoms with Crippen molar-refractivity contribution in [3.05, 3.63) is 94.8 Å². The molecule has 7 nitrogen and oxygen atoms in total. The topological polar surface area (TPSA) is 116 Å². The van der Waals surface area contributed by atoms with Gasteiger partial charge in [0.1, 0.15) is 5.82 Å². The van der Waals surface area contributed by atoms with E-state index >= 15 is 0 Å². The average molecular weight is 489 g/mol. The van der Waals surface area contributed by atoms with E-state index in [1.807, 2.05) is 0 Å². The van der Waals surface area contributed by atoms with Gasteiger partial charge >= 0.3 is 5.97 Å². The number of halogens is 2. The largest absolute Gasteiger partial charge is 0.452 e. The van der Waals surface area contributed by atoms with Crippen molar-refractivity contribution in [1.29, 1.82) is 0 Å². The Morgan fingerprint density at radius 2 is 1.58 bits per heavy atom. The van der Waals surface area contributed by atoms with Gasteiger partial charge in [0.05, 0.1) is 10.5 Å². The van der Waals surface area contributed by atoms with Crippen LogP contribution in [0.4, 0.5) is 10.1 Å². The summed E-state index contributed by atoms with van der Waals surface area (Å²) >= 11 is 5.89. The van der Waals surface area contributed by atoms with Crippen LogP contribution >= 0.6 is 11.6 Å². The first-order valence-corrected chi connectivity index (χ1v) is 11.4. The molecule has 0 spiro atoms. The Morgan fingerprint density at radius 1 is 0.970 bits per heavy atom. The minimum atomic E-state index is -3.86. The first-order chi connectivity index (χ1) is 15.6. The van der Waals surface area contributed by atoms with Gasteiger partial charge in [-0.15, -0.1) is 0 Å². The summed E-state index contributed by atoms with van der Waals surface area (Å²) in [6, 6.07) is 17.1. The molecule has 0 aliphatic rings. The number of hydrogen-bond donors (Lipinski definition) is 2. The number of primary sulfonamides is 1. The van der Waals surface area contributed by atoms with Crippen molar-refractivity contribution in [3.8, 4) is 0 Å². The Kier molecular flexibility index (Phi) is 7.59.